The van der Waals surface area contributed by atoms with Crippen molar-refractivity contribution < 1.29 is 14.3 Å². The number of likely N-dealkylation sites (tertiary alicyclic amines) is 1. The summed E-state index contributed by atoms with van der Waals surface area (Å²) in [6.45, 7) is 12.4. The summed E-state index contributed by atoms with van der Waals surface area (Å²) >= 11 is 0. The number of amides is 2. The predicted molar refractivity (Wildman–Crippen MR) is 127 cm³/mol. The second kappa shape index (κ2) is 8.98. The third-order valence-electron chi connectivity index (χ3n) is 7.05. The van der Waals surface area contributed by atoms with Gasteiger partial charge < -0.3 is 24.8 Å². The van der Waals surface area contributed by atoms with Crippen molar-refractivity contribution in [3.8, 4) is 0 Å². The van der Waals surface area contributed by atoms with Gasteiger partial charge in [-0.15, -0.1) is 0 Å². The second-order valence-corrected chi connectivity index (χ2v) is 8.82. The summed E-state index contributed by atoms with van der Waals surface area (Å²) in [6, 6.07) is 6.72. The van der Waals surface area contributed by atoms with Crippen LogP contribution in [0.3, 0.4) is 0 Å². The first-order valence-corrected chi connectivity index (χ1v) is 11.6. The van der Waals surface area contributed by atoms with Crippen molar-refractivity contribution in [2.45, 2.75) is 51.6 Å². The van der Waals surface area contributed by atoms with Gasteiger partial charge in [-0.25, -0.2) is 9.59 Å². The number of benzene rings is 1. The number of esters is 1. The normalized spacial score (nSPS) is 22.3. The lowest BCUT2D eigenvalue weighted by Gasteiger charge is -2.46. The second-order valence-electron chi connectivity index (χ2n) is 8.82. The molecule has 3 atom stereocenters. The summed E-state index contributed by atoms with van der Waals surface area (Å²) in [6.07, 6.45) is 1.74. The minimum absolute atomic E-state index is 0.0104. The first kappa shape index (κ1) is 22.4. The number of likely N-dealkylation sites (N-methyl/N-ethyl adjacent to an activating group) is 1. The molecule has 1 aliphatic carbocycles. The average molecular weight is 439 g/mol. The number of piperidine rings is 1. The molecule has 2 amide bonds. The van der Waals surface area contributed by atoms with E-state index < -0.39 is 0 Å². The van der Waals surface area contributed by atoms with Gasteiger partial charge in [-0.3, -0.25) is 0 Å². The lowest BCUT2D eigenvalue weighted by atomic mass is 9.73. The third kappa shape index (κ3) is 3.79. The maximum Gasteiger partial charge on any atom is 0.339 e. The molecule has 2 aliphatic rings. The summed E-state index contributed by atoms with van der Waals surface area (Å²) in [7, 11) is 2.13. The molecular weight excluding hydrogens is 404 g/mol. The van der Waals surface area contributed by atoms with E-state index >= 15 is 0 Å². The standard InChI is InChI=1S/C25H34N4O3/c1-6-29(7-2)25(31)26-16-12-18-17-10-9-11-20-22(17)19(13-21(18)28(5)14-16)23(27-20)15(4)24(30)32-8-3/h9-11,16,18,21,27H,4,6-8,12-14H2,1-3,5H3,(H,26,31)/t16-,18?,21+/m0/s1. The fourth-order valence-corrected chi connectivity index (χ4v) is 5.49. The van der Waals surface area contributed by atoms with E-state index in [1.54, 1.807) is 6.92 Å². The van der Waals surface area contributed by atoms with Crippen LogP contribution in [0.4, 0.5) is 4.79 Å². The van der Waals surface area contributed by atoms with E-state index in [0.29, 0.717) is 37.2 Å². The molecule has 7 nitrogen and oxygen atoms in total. The Kier molecular flexibility index (Phi) is 6.29. The van der Waals surface area contributed by atoms with Gasteiger partial charge in [0, 0.05) is 48.5 Å². The van der Waals surface area contributed by atoms with Crippen LogP contribution in [0, 0.1) is 0 Å². The van der Waals surface area contributed by atoms with Crippen LogP contribution in [0.1, 0.15) is 49.9 Å². The highest BCUT2D eigenvalue weighted by atomic mass is 16.5. The largest absolute Gasteiger partial charge is 0.462 e. The maximum absolute atomic E-state index is 12.7. The SMILES string of the molecule is C=C(C(=O)OCC)c1[nH]c2cccc3c2c1C[C@@H]1C3C[C@H](NC(=O)N(CC)CC)CN1C. The molecule has 2 aromatic rings. The molecule has 0 radical (unpaired) electrons. The predicted octanol–water partition coefficient (Wildman–Crippen LogP) is 3.51. The number of carbonyl (C=O) groups excluding carboxylic acids is 2. The zero-order valence-electron chi connectivity index (χ0n) is 19.5. The van der Waals surface area contributed by atoms with Gasteiger partial charge in [0.1, 0.15) is 0 Å². The Morgan fingerprint density at radius 1 is 1.28 bits per heavy atom. The number of H-pyrrole nitrogens is 1. The Morgan fingerprint density at radius 2 is 2.03 bits per heavy atom. The van der Waals surface area contributed by atoms with Crippen LogP contribution in [0.15, 0.2) is 24.8 Å². The molecule has 4 rings (SSSR count). The molecule has 7 heteroatoms. The number of aromatic nitrogens is 1. The number of nitrogens with one attached hydrogen (secondary N) is 2. The first-order chi connectivity index (χ1) is 15.4. The molecule has 1 fully saturated rings. The molecule has 1 aromatic carbocycles. The number of carbonyl (C=O) groups is 2. The van der Waals surface area contributed by atoms with Gasteiger partial charge in [0.25, 0.3) is 0 Å². The van der Waals surface area contributed by atoms with E-state index in [-0.39, 0.29) is 18.0 Å². The summed E-state index contributed by atoms with van der Waals surface area (Å²) in [5.74, 6) is -0.0679. The highest BCUT2D eigenvalue weighted by molar-refractivity contribution is 6.17. The summed E-state index contributed by atoms with van der Waals surface area (Å²) in [5, 5.41) is 4.45. The molecule has 0 bridgehead atoms. The van der Waals surface area contributed by atoms with E-state index in [4.69, 9.17) is 4.74 Å². The van der Waals surface area contributed by atoms with Crippen LogP contribution >= 0.6 is 0 Å². The number of urea groups is 1. The number of hydrogen-bond acceptors (Lipinski definition) is 4. The van der Waals surface area contributed by atoms with Gasteiger partial charge in [0.05, 0.1) is 17.9 Å². The van der Waals surface area contributed by atoms with E-state index in [9.17, 15) is 9.59 Å². The summed E-state index contributed by atoms with van der Waals surface area (Å²) in [5.41, 5.74) is 4.61. The minimum atomic E-state index is -0.379. The Hall–Kier alpha value is -2.80. The van der Waals surface area contributed by atoms with Crippen molar-refractivity contribution in [1.29, 1.82) is 0 Å². The van der Waals surface area contributed by atoms with Crippen molar-refractivity contribution in [3.05, 3.63) is 41.6 Å². The van der Waals surface area contributed by atoms with Gasteiger partial charge in [-0.1, -0.05) is 18.7 Å². The average Bonchev–Trinajstić information content (AvgIpc) is 3.15. The third-order valence-corrected chi connectivity index (χ3v) is 7.05. The molecule has 32 heavy (non-hydrogen) atoms. The molecule has 172 valence electrons. The number of fused-ring (bicyclic) bond motifs is 2. The highest BCUT2D eigenvalue weighted by Crippen LogP contribution is 2.45. The van der Waals surface area contributed by atoms with Crippen LogP contribution in [-0.4, -0.2) is 72.2 Å². The smallest absolute Gasteiger partial charge is 0.339 e. The molecular formula is C25H34N4O3. The van der Waals surface area contributed by atoms with Crippen molar-refractivity contribution in [3.63, 3.8) is 0 Å². The molecule has 2 N–H and O–H groups in total. The van der Waals surface area contributed by atoms with Crippen LogP contribution in [0.5, 0.6) is 0 Å². The maximum atomic E-state index is 12.7. The van der Waals surface area contributed by atoms with Crippen LogP contribution in [-0.2, 0) is 16.0 Å². The van der Waals surface area contributed by atoms with E-state index in [1.165, 1.54) is 10.9 Å². The summed E-state index contributed by atoms with van der Waals surface area (Å²) < 4.78 is 5.21. The van der Waals surface area contributed by atoms with Crippen molar-refractivity contribution in [2.24, 2.45) is 0 Å². The number of aromatic amines is 1. The number of ether oxygens (including phenoxy) is 1. The van der Waals surface area contributed by atoms with Crippen LogP contribution in [0.2, 0.25) is 0 Å². The summed E-state index contributed by atoms with van der Waals surface area (Å²) in [4.78, 5) is 32.7. The minimum Gasteiger partial charge on any atom is -0.462 e. The first-order valence-electron chi connectivity index (χ1n) is 11.6. The lowest BCUT2D eigenvalue weighted by Crippen LogP contribution is -2.56. The molecule has 2 heterocycles. The Labute approximate surface area is 189 Å². The highest BCUT2D eigenvalue weighted by Gasteiger charge is 2.41. The zero-order valence-corrected chi connectivity index (χ0v) is 19.5. The van der Waals surface area contributed by atoms with Crippen LogP contribution in [0.25, 0.3) is 16.5 Å². The Morgan fingerprint density at radius 3 is 2.72 bits per heavy atom. The number of rotatable bonds is 6. The molecule has 1 unspecified atom stereocenters. The lowest BCUT2D eigenvalue weighted by molar-refractivity contribution is -0.136. The molecule has 1 aliphatic heterocycles. The quantitative estimate of drug-likeness (QED) is 0.535. The monoisotopic (exact) mass is 438 g/mol. The zero-order chi connectivity index (χ0) is 23.0. The van der Waals surface area contributed by atoms with Crippen LogP contribution < -0.4 is 5.32 Å². The van der Waals surface area contributed by atoms with E-state index in [2.05, 4.69) is 47.0 Å². The van der Waals surface area contributed by atoms with Gasteiger partial charge >= 0.3 is 12.0 Å². The fourth-order valence-electron chi connectivity index (χ4n) is 5.49. The van der Waals surface area contributed by atoms with Gasteiger partial charge in [-0.2, -0.15) is 0 Å². The van der Waals surface area contributed by atoms with Crippen molar-refractivity contribution in [1.82, 2.24) is 20.1 Å². The van der Waals surface area contributed by atoms with Crippen molar-refractivity contribution >= 4 is 28.5 Å². The van der Waals surface area contributed by atoms with E-state index in [0.717, 1.165) is 36.2 Å². The molecule has 0 spiro atoms. The van der Waals surface area contributed by atoms with Gasteiger partial charge in [0.2, 0.25) is 0 Å². The molecule has 1 aromatic heterocycles. The fraction of sp³-hybridized carbons (Fsp3) is 0.520. The topological polar surface area (TPSA) is 77.7 Å². The number of hydrogen-bond donors (Lipinski definition) is 2. The molecule has 1 saturated heterocycles. The number of nitrogens with zero attached hydrogens (tertiary/aromatic N) is 2. The van der Waals surface area contributed by atoms with Gasteiger partial charge in [0.15, 0.2) is 0 Å². The molecule has 0 saturated carbocycles. The van der Waals surface area contributed by atoms with Crippen molar-refractivity contribution in [2.75, 3.05) is 33.3 Å². The Bertz CT molecular complexity index is 1040. The Balaban J connectivity index is 1.67. The van der Waals surface area contributed by atoms with E-state index in [1.807, 2.05) is 18.7 Å². The van der Waals surface area contributed by atoms with Gasteiger partial charge in [-0.05, 0) is 57.9 Å².